The van der Waals surface area contributed by atoms with E-state index in [-0.39, 0.29) is 35.7 Å². The van der Waals surface area contributed by atoms with Gasteiger partial charge in [0.25, 0.3) is 0 Å². The van der Waals surface area contributed by atoms with Crippen molar-refractivity contribution in [1.29, 1.82) is 0 Å². The molecular weight excluding hydrogens is 354 g/mol. The molecule has 1 aromatic rings. The van der Waals surface area contributed by atoms with E-state index < -0.39 is 10.0 Å². The molecule has 1 unspecified atom stereocenters. The summed E-state index contributed by atoms with van der Waals surface area (Å²) in [5.41, 5.74) is 5.63. The topological polar surface area (TPSA) is 92.9 Å². The van der Waals surface area contributed by atoms with E-state index in [0.717, 1.165) is 0 Å². The van der Waals surface area contributed by atoms with Gasteiger partial charge in [0.05, 0.1) is 12.0 Å². The van der Waals surface area contributed by atoms with Crippen molar-refractivity contribution in [1.82, 2.24) is 9.21 Å². The number of carbonyl (C=O) groups is 1. The maximum atomic E-state index is 12.6. The van der Waals surface area contributed by atoms with Crippen molar-refractivity contribution in [3.63, 3.8) is 0 Å². The first-order valence-electron chi connectivity index (χ1n) is 7.52. The quantitative estimate of drug-likeness (QED) is 0.814. The molecule has 1 aromatic carbocycles. The molecule has 7 nitrogen and oxygen atoms in total. The number of halogens is 1. The molecule has 0 saturated carbocycles. The van der Waals surface area contributed by atoms with Crippen LogP contribution < -0.4 is 10.5 Å². The zero-order chi connectivity index (χ0) is 17.0. The van der Waals surface area contributed by atoms with E-state index in [0.29, 0.717) is 31.9 Å². The molecule has 136 valence electrons. The number of nitrogens with two attached hydrogens (primary N) is 1. The summed E-state index contributed by atoms with van der Waals surface area (Å²) in [6.45, 7) is 3.14. The fourth-order valence-electron chi connectivity index (χ4n) is 2.48. The number of hydrogen-bond acceptors (Lipinski definition) is 5. The predicted molar refractivity (Wildman–Crippen MR) is 93.8 cm³/mol. The van der Waals surface area contributed by atoms with E-state index >= 15 is 0 Å². The normalized spacial score (nSPS) is 17.0. The average Bonchev–Trinajstić information content (AvgIpc) is 2.54. The SMILES string of the molecule is COc1ccc(S(=O)(=O)N2CCN(C(=O)CC(C)N)CC2)cc1.Cl. The molecule has 1 heterocycles. The number of carbonyl (C=O) groups excluding carboxylic acids is 1. The smallest absolute Gasteiger partial charge is 0.243 e. The Hall–Kier alpha value is -1.35. The molecule has 0 aliphatic carbocycles. The Bertz CT molecular complexity index is 641. The van der Waals surface area contributed by atoms with Crippen LogP contribution in [0.25, 0.3) is 0 Å². The lowest BCUT2D eigenvalue weighted by Gasteiger charge is -2.34. The van der Waals surface area contributed by atoms with Crippen LogP contribution >= 0.6 is 12.4 Å². The molecule has 0 aromatic heterocycles. The minimum absolute atomic E-state index is 0. The van der Waals surface area contributed by atoms with Crippen LogP contribution in [0.1, 0.15) is 13.3 Å². The molecule has 1 saturated heterocycles. The number of hydrogen-bond donors (Lipinski definition) is 1. The largest absolute Gasteiger partial charge is 0.497 e. The zero-order valence-corrected chi connectivity index (χ0v) is 15.5. The summed E-state index contributed by atoms with van der Waals surface area (Å²) in [4.78, 5) is 13.9. The number of rotatable bonds is 5. The van der Waals surface area contributed by atoms with Crippen molar-refractivity contribution in [3.05, 3.63) is 24.3 Å². The number of piperazine rings is 1. The monoisotopic (exact) mass is 377 g/mol. The lowest BCUT2D eigenvalue weighted by molar-refractivity contribution is -0.132. The Morgan fingerprint density at radius 3 is 2.21 bits per heavy atom. The summed E-state index contributed by atoms with van der Waals surface area (Å²) in [5.74, 6) is 0.580. The van der Waals surface area contributed by atoms with Gasteiger partial charge in [-0.15, -0.1) is 12.4 Å². The number of benzene rings is 1. The molecule has 0 spiro atoms. The summed E-state index contributed by atoms with van der Waals surface area (Å²) in [5, 5.41) is 0. The van der Waals surface area contributed by atoms with E-state index in [4.69, 9.17) is 10.5 Å². The van der Waals surface area contributed by atoms with Gasteiger partial charge in [0.1, 0.15) is 5.75 Å². The van der Waals surface area contributed by atoms with Gasteiger partial charge in [-0.3, -0.25) is 4.79 Å². The first-order valence-corrected chi connectivity index (χ1v) is 8.96. The maximum Gasteiger partial charge on any atom is 0.243 e. The van der Waals surface area contributed by atoms with Crippen LogP contribution in [0.5, 0.6) is 5.75 Å². The fraction of sp³-hybridized carbons (Fsp3) is 0.533. The molecule has 0 radical (unpaired) electrons. The predicted octanol–water partition coefficient (Wildman–Crippen LogP) is 0.687. The van der Waals surface area contributed by atoms with Gasteiger partial charge in [-0.1, -0.05) is 0 Å². The highest BCUT2D eigenvalue weighted by Crippen LogP contribution is 2.20. The lowest BCUT2D eigenvalue weighted by Crippen LogP contribution is -2.51. The van der Waals surface area contributed by atoms with Crippen LogP contribution in [-0.2, 0) is 14.8 Å². The van der Waals surface area contributed by atoms with Crippen molar-refractivity contribution in [2.24, 2.45) is 5.73 Å². The van der Waals surface area contributed by atoms with Gasteiger partial charge in [0.2, 0.25) is 15.9 Å². The highest BCUT2D eigenvalue weighted by atomic mass is 35.5. The summed E-state index contributed by atoms with van der Waals surface area (Å²) < 4.78 is 31.6. The maximum absolute atomic E-state index is 12.6. The second kappa shape index (κ2) is 8.66. The molecule has 9 heteroatoms. The summed E-state index contributed by atoms with van der Waals surface area (Å²) in [6.07, 6.45) is 0.283. The summed E-state index contributed by atoms with van der Waals surface area (Å²) in [6, 6.07) is 6.11. The van der Waals surface area contributed by atoms with Crippen LogP contribution in [0, 0.1) is 0 Å². The molecule has 1 aliphatic heterocycles. The van der Waals surface area contributed by atoms with Gasteiger partial charge < -0.3 is 15.4 Å². The number of nitrogens with zero attached hydrogens (tertiary/aromatic N) is 2. The molecular formula is C15H24ClN3O4S. The van der Waals surface area contributed by atoms with Crippen molar-refractivity contribution in [2.75, 3.05) is 33.3 Å². The molecule has 2 rings (SSSR count). The summed E-state index contributed by atoms with van der Waals surface area (Å²) >= 11 is 0. The third kappa shape index (κ3) is 4.83. The number of methoxy groups -OCH3 is 1. The molecule has 1 fully saturated rings. The van der Waals surface area contributed by atoms with Crippen LogP contribution in [0.2, 0.25) is 0 Å². The number of sulfonamides is 1. The Morgan fingerprint density at radius 1 is 1.21 bits per heavy atom. The standard InChI is InChI=1S/C15H23N3O4S.ClH/c1-12(16)11-15(19)17-7-9-18(10-8-17)23(20,21)14-5-3-13(22-2)4-6-14;/h3-6,12H,7-11,16H2,1-2H3;1H. The van der Waals surface area contributed by atoms with Crippen LogP contribution in [0.15, 0.2) is 29.2 Å². The third-order valence-electron chi connectivity index (χ3n) is 3.79. The first-order chi connectivity index (χ1) is 10.8. The van der Waals surface area contributed by atoms with Crippen molar-refractivity contribution in [2.45, 2.75) is 24.3 Å². The average molecular weight is 378 g/mol. The minimum atomic E-state index is -3.54. The van der Waals surface area contributed by atoms with E-state index in [1.807, 2.05) is 0 Å². The Balaban J connectivity index is 0.00000288. The molecule has 24 heavy (non-hydrogen) atoms. The van der Waals surface area contributed by atoms with Crippen molar-refractivity contribution >= 4 is 28.3 Å². The molecule has 0 bridgehead atoms. The van der Waals surface area contributed by atoms with Crippen LogP contribution in [-0.4, -0.2) is 62.9 Å². The highest BCUT2D eigenvalue weighted by Gasteiger charge is 2.30. The lowest BCUT2D eigenvalue weighted by atomic mass is 10.2. The molecule has 1 amide bonds. The van der Waals surface area contributed by atoms with Crippen molar-refractivity contribution in [3.8, 4) is 5.75 Å². The molecule has 1 aliphatic rings. The Labute approximate surface area is 149 Å². The van der Waals surface area contributed by atoms with Gasteiger partial charge in [0.15, 0.2) is 0 Å². The third-order valence-corrected chi connectivity index (χ3v) is 5.70. The van der Waals surface area contributed by atoms with Gasteiger partial charge in [-0.05, 0) is 31.2 Å². The molecule has 2 N–H and O–H groups in total. The zero-order valence-electron chi connectivity index (χ0n) is 13.8. The van der Waals surface area contributed by atoms with Crippen LogP contribution in [0.3, 0.4) is 0 Å². The Morgan fingerprint density at radius 2 is 1.75 bits per heavy atom. The summed E-state index contributed by atoms with van der Waals surface area (Å²) in [7, 11) is -2.01. The van der Waals surface area contributed by atoms with Crippen molar-refractivity contribution < 1.29 is 17.9 Å². The van der Waals surface area contributed by atoms with Gasteiger partial charge in [-0.2, -0.15) is 4.31 Å². The van der Waals surface area contributed by atoms with Gasteiger partial charge in [-0.25, -0.2) is 8.42 Å². The Kier molecular flexibility index (Phi) is 7.47. The minimum Gasteiger partial charge on any atom is -0.497 e. The second-order valence-corrected chi connectivity index (χ2v) is 7.58. The van der Waals surface area contributed by atoms with Crippen LogP contribution in [0.4, 0.5) is 0 Å². The van der Waals surface area contributed by atoms with Gasteiger partial charge >= 0.3 is 0 Å². The van der Waals surface area contributed by atoms with E-state index in [9.17, 15) is 13.2 Å². The number of ether oxygens (including phenoxy) is 1. The first kappa shape index (κ1) is 20.7. The van der Waals surface area contributed by atoms with Gasteiger partial charge in [0, 0.05) is 38.6 Å². The number of amides is 1. The van der Waals surface area contributed by atoms with E-state index in [1.165, 1.54) is 23.5 Å². The van der Waals surface area contributed by atoms with E-state index in [2.05, 4.69) is 0 Å². The fourth-order valence-corrected chi connectivity index (χ4v) is 3.90. The highest BCUT2D eigenvalue weighted by molar-refractivity contribution is 7.89. The second-order valence-electron chi connectivity index (χ2n) is 5.64. The molecule has 1 atom stereocenters. The van der Waals surface area contributed by atoms with E-state index in [1.54, 1.807) is 24.0 Å².